The van der Waals surface area contributed by atoms with E-state index in [1.165, 1.54) is 0 Å². The maximum absolute atomic E-state index is 12.3. The van der Waals surface area contributed by atoms with E-state index >= 15 is 0 Å². The molecule has 2 fully saturated rings. The Balaban J connectivity index is 1.73. The second kappa shape index (κ2) is 6.63. The van der Waals surface area contributed by atoms with E-state index < -0.39 is 9.84 Å². The van der Waals surface area contributed by atoms with Crippen LogP contribution in [0, 0.1) is 0 Å². The maximum Gasteiger partial charge on any atom is 0.271 e. The Kier molecular flexibility index (Phi) is 4.75. The van der Waals surface area contributed by atoms with Gasteiger partial charge in [0.25, 0.3) is 5.91 Å². The molecule has 1 amide bonds. The first-order chi connectivity index (χ1) is 11.0. The zero-order chi connectivity index (χ0) is 16.4. The van der Waals surface area contributed by atoms with Gasteiger partial charge in [-0.3, -0.25) is 9.48 Å². The Labute approximate surface area is 137 Å². The number of hydrogen-bond acceptors (Lipinski definition) is 4. The molecule has 1 aliphatic heterocycles. The average Bonchev–Trinajstić information content (AvgIpc) is 3.15. The lowest BCUT2D eigenvalue weighted by molar-refractivity contribution is 0.0947. The number of amides is 1. The molecule has 1 saturated heterocycles. The minimum Gasteiger partial charge on any atom is -0.351 e. The van der Waals surface area contributed by atoms with E-state index in [9.17, 15) is 13.2 Å². The molecule has 23 heavy (non-hydrogen) atoms. The number of unbranched alkanes of at least 4 members (excludes halogenated alkanes) is 2. The molecular weight excluding hydrogens is 314 g/mol. The molecule has 1 aliphatic carbocycles. The Morgan fingerprint density at radius 3 is 2.74 bits per heavy atom. The molecule has 128 valence electrons. The molecule has 0 bridgehead atoms. The maximum atomic E-state index is 12.3. The summed E-state index contributed by atoms with van der Waals surface area (Å²) in [5.74, 6) is 0.654. The van der Waals surface area contributed by atoms with E-state index in [1.54, 1.807) is 0 Å². The first-order valence-electron chi connectivity index (χ1n) is 8.58. The van der Waals surface area contributed by atoms with Crippen LogP contribution in [0.2, 0.25) is 0 Å². The Morgan fingerprint density at radius 1 is 1.35 bits per heavy atom. The molecular formula is C16H25N3O3S. The van der Waals surface area contributed by atoms with Crippen LogP contribution in [0.5, 0.6) is 0 Å². The predicted molar refractivity (Wildman–Crippen MR) is 88.4 cm³/mol. The number of sulfone groups is 1. The third-order valence-corrected chi connectivity index (χ3v) is 6.36. The van der Waals surface area contributed by atoms with Crippen LogP contribution >= 0.6 is 0 Å². The zero-order valence-electron chi connectivity index (χ0n) is 13.6. The quantitative estimate of drug-likeness (QED) is 0.771. The normalized spacial score (nSPS) is 23.1. The van der Waals surface area contributed by atoms with Crippen molar-refractivity contribution in [1.29, 1.82) is 0 Å². The summed E-state index contributed by atoms with van der Waals surface area (Å²) in [6.07, 6.45) is 5.99. The number of rotatable bonds is 7. The van der Waals surface area contributed by atoms with Crippen LogP contribution in [0.4, 0.5) is 0 Å². The molecule has 6 nitrogen and oxygen atoms in total. The van der Waals surface area contributed by atoms with Crippen LogP contribution in [0.1, 0.15) is 73.6 Å². The van der Waals surface area contributed by atoms with Crippen LogP contribution in [0.3, 0.4) is 0 Å². The fourth-order valence-electron chi connectivity index (χ4n) is 3.13. The lowest BCUT2D eigenvalue weighted by Gasteiger charge is -2.12. The van der Waals surface area contributed by atoms with Crippen molar-refractivity contribution in [3.8, 4) is 0 Å². The van der Waals surface area contributed by atoms with E-state index in [-0.39, 0.29) is 23.5 Å². The third kappa shape index (κ3) is 3.94. The van der Waals surface area contributed by atoms with Crippen LogP contribution < -0.4 is 5.32 Å². The number of nitrogens with zero attached hydrogens (tertiary/aromatic N) is 2. The molecule has 1 saturated carbocycles. The van der Waals surface area contributed by atoms with Gasteiger partial charge in [-0.2, -0.15) is 5.10 Å². The Bertz CT molecular complexity index is 677. The van der Waals surface area contributed by atoms with E-state index in [1.807, 2.05) is 10.7 Å². The van der Waals surface area contributed by atoms with Crippen molar-refractivity contribution < 1.29 is 13.2 Å². The summed E-state index contributed by atoms with van der Waals surface area (Å²) in [6.45, 7) is 2.79. The smallest absolute Gasteiger partial charge is 0.271 e. The first-order valence-corrected chi connectivity index (χ1v) is 10.4. The molecule has 1 atom stereocenters. The Morgan fingerprint density at radius 2 is 2.13 bits per heavy atom. The number of aromatic nitrogens is 2. The summed E-state index contributed by atoms with van der Waals surface area (Å²) in [7, 11) is -2.96. The minimum absolute atomic E-state index is 0.114. The molecule has 0 radical (unpaired) electrons. The van der Waals surface area contributed by atoms with E-state index in [0.717, 1.165) is 37.8 Å². The number of nitrogens with one attached hydrogen (secondary N) is 1. The van der Waals surface area contributed by atoms with Crippen LogP contribution in [-0.4, -0.2) is 42.2 Å². The molecule has 0 aromatic carbocycles. The van der Waals surface area contributed by atoms with Gasteiger partial charge in [0, 0.05) is 18.2 Å². The minimum atomic E-state index is -2.96. The van der Waals surface area contributed by atoms with Gasteiger partial charge in [-0.05, 0) is 31.7 Å². The second-order valence-corrected chi connectivity index (χ2v) is 8.92. The van der Waals surface area contributed by atoms with Crippen molar-refractivity contribution in [1.82, 2.24) is 15.1 Å². The number of carbonyl (C=O) groups excluding carboxylic acids is 1. The summed E-state index contributed by atoms with van der Waals surface area (Å²) >= 11 is 0. The summed E-state index contributed by atoms with van der Waals surface area (Å²) < 4.78 is 25.3. The number of carbonyl (C=O) groups is 1. The standard InChI is InChI=1S/C16H25N3O3S/c1-2-3-4-8-17-16(20)14-10-15(12-5-6-12)19(18-14)13-7-9-23(21,22)11-13/h10,12-13H,2-9,11H2,1H3,(H,17,20). The third-order valence-electron chi connectivity index (χ3n) is 4.61. The van der Waals surface area contributed by atoms with Crippen molar-refractivity contribution in [3.63, 3.8) is 0 Å². The summed E-state index contributed by atoms with van der Waals surface area (Å²) in [5, 5.41) is 7.37. The van der Waals surface area contributed by atoms with E-state index in [4.69, 9.17) is 0 Å². The van der Waals surface area contributed by atoms with Gasteiger partial charge < -0.3 is 5.32 Å². The van der Waals surface area contributed by atoms with Crippen molar-refractivity contribution >= 4 is 15.7 Å². The Hall–Kier alpha value is -1.37. The first kappa shape index (κ1) is 16.5. The van der Waals surface area contributed by atoms with E-state index in [0.29, 0.717) is 24.6 Å². The molecule has 1 aromatic heterocycles. The van der Waals surface area contributed by atoms with Gasteiger partial charge >= 0.3 is 0 Å². The number of hydrogen-bond donors (Lipinski definition) is 1. The molecule has 3 rings (SSSR count). The van der Waals surface area contributed by atoms with Gasteiger partial charge in [0.1, 0.15) is 5.69 Å². The highest BCUT2D eigenvalue weighted by Gasteiger charge is 2.36. The lowest BCUT2D eigenvalue weighted by Crippen LogP contribution is -2.25. The second-order valence-electron chi connectivity index (χ2n) is 6.69. The molecule has 1 N–H and O–H groups in total. The molecule has 0 spiro atoms. The average molecular weight is 339 g/mol. The van der Waals surface area contributed by atoms with Gasteiger partial charge in [0.05, 0.1) is 17.5 Å². The topological polar surface area (TPSA) is 81.1 Å². The van der Waals surface area contributed by atoms with Crippen LogP contribution in [0.15, 0.2) is 6.07 Å². The van der Waals surface area contributed by atoms with Crippen LogP contribution in [0.25, 0.3) is 0 Å². The monoisotopic (exact) mass is 339 g/mol. The highest BCUT2D eigenvalue weighted by Crippen LogP contribution is 2.42. The highest BCUT2D eigenvalue weighted by atomic mass is 32.2. The molecule has 7 heteroatoms. The summed E-state index contributed by atoms with van der Waals surface area (Å²) in [5.41, 5.74) is 1.46. The van der Waals surface area contributed by atoms with Gasteiger partial charge in [0.15, 0.2) is 9.84 Å². The van der Waals surface area contributed by atoms with Crippen molar-refractivity contribution in [2.24, 2.45) is 0 Å². The molecule has 1 aromatic rings. The van der Waals surface area contributed by atoms with Gasteiger partial charge in [-0.15, -0.1) is 0 Å². The largest absolute Gasteiger partial charge is 0.351 e. The van der Waals surface area contributed by atoms with E-state index in [2.05, 4.69) is 17.3 Å². The van der Waals surface area contributed by atoms with Crippen LogP contribution in [-0.2, 0) is 9.84 Å². The zero-order valence-corrected chi connectivity index (χ0v) is 14.4. The summed E-state index contributed by atoms with van der Waals surface area (Å²) in [4.78, 5) is 12.3. The molecule has 2 heterocycles. The highest BCUT2D eigenvalue weighted by molar-refractivity contribution is 7.91. The lowest BCUT2D eigenvalue weighted by atomic mass is 10.2. The molecule has 2 aliphatic rings. The van der Waals surface area contributed by atoms with Gasteiger partial charge in [0.2, 0.25) is 0 Å². The van der Waals surface area contributed by atoms with Crippen molar-refractivity contribution in [3.05, 3.63) is 17.5 Å². The SMILES string of the molecule is CCCCCNC(=O)c1cc(C2CC2)n(C2CCS(=O)(=O)C2)n1. The van der Waals surface area contributed by atoms with Crippen molar-refractivity contribution in [2.75, 3.05) is 18.1 Å². The molecule has 1 unspecified atom stereocenters. The predicted octanol–water partition coefficient (Wildman–Crippen LogP) is 2.04. The van der Waals surface area contributed by atoms with Gasteiger partial charge in [-0.25, -0.2) is 8.42 Å². The van der Waals surface area contributed by atoms with Crippen molar-refractivity contribution in [2.45, 2.75) is 57.4 Å². The van der Waals surface area contributed by atoms with Gasteiger partial charge in [-0.1, -0.05) is 19.8 Å². The fourth-order valence-corrected chi connectivity index (χ4v) is 4.82. The fraction of sp³-hybridized carbons (Fsp3) is 0.750. The summed E-state index contributed by atoms with van der Waals surface area (Å²) in [6, 6.07) is 1.75.